The van der Waals surface area contributed by atoms with Gasteiger partial charge in [0, 0.05) is 23.2 Å². The highest BCUT2D eigenvalue weighted by molar-refractivity contribution is 14.0. The molecule has 1 aliphatic rings. The van der Waals surface area contributed by atoms with Gasteiger partial charge in [-0.1, -0.05) is 12.2 Å². The number of nitrogens with one attached hydrogen (secondary N) is 2. The summed E-state index contributed by atoms with van der Waals surface area (Å²) in [6.45, 7) is 3.66. The number of hydrogen-bond donors (Lipinski definition) is 2. The standard InChI is InChI=1S/C16H22FN3S.HI/c1-2-18-16(20-14-5-3-4-6-14)19-11-12-21-15-9-7-13(17)8-10-15;/h3-4,7-10,14H,2,5-6,11-12H2,1H3,(H2,18,19,20);1H. The minimum Gasteiger partial charge on any atom is -0.357 e. The summed E-state index contributed by atoms with van der Waals surface area (Å²) in [6, 6.07) is 7.05. The molecule has 3 nitrogen and oxygen atoms in total. The molecule has 0 heterocycles. The van der Waals surface area contributed by atoms with Crippen LogP contribution in [0.1, 0.15) is 19.8 Å². The Hall–Kier alpha value is -0.760. The molecule has 0 saturated carbocycles. The minimum atomic E-state index is -0.193. The zero-order valence-corrected chi connectivity index (χ0v) is 15.9. The molecule has 0 radical (unpaired) electrons. The van der Waals surface area contributed by atoms with Crippen LogP contribution in [0.5, 0.6) is 0 Å². The number of nitrogens with zero attached hydrogens (tertiary/aromatic N) is 1. The number of thioether (sulfide) groups is 1. The number of rotatable bonds is 6. The largest absolute Gasteiger partial charge is 0.357 e. The van der Waals surface area contributed by atoms with Gasteiger partial charge in [-0.05, 0) is 44.0 Å². The molecular formula is C16H23FIN3S. The predicted molar refractivity (Wildman–Crippen MR) is 104 cm³/mol. The average molecular weight is 435 g/mol. The van der Waals surface area contributed by atoms with E-state index in [-0.39, 0.29) is 29.8 Å². The zero-order chi connectivity index (χ0) is 14.9. The molecule has 0 spiro atoms. The minimum absolute atomic E-state index is 0. The van der Waals surface area contributed by atoms with Crippen molar-refractivity contribution < 1.29 is 4.39 Å². The third kappa shape index (κ3) is 7.00. The lowest BCUT2D eigenvalue weighted by atomic mass is 10.2. The molecule has 0 saturated heterocycles. The molecule has 22 heavy (non-hydrogen) atoms. The van der Waals surface area contributed by atoms with Crippen LogP contribution in [0.3, 0.4) is 0 Å². The van der Waals surface area contributed by atoms with Crippen molar-refractivity contribution >= 4 is 41.7 Å². The van der Waals surface area contributed by atoms with Gasteiger partial charge in [-0.25, -0.2) is 4.39 Å². The van der Waals surface area contributed by atoms with Crippen LogP contribution >= 0.6 is 35.7 Å². The van der Waals surface area contributed by atoms with E-state index in [1.165, 1.54) is 12.1 Å². The van der Waals surface area contributed by atoms with Crippen molar-refractivity contribution in [2.45, 2.75) is 30.7 Å². The molecule has 1 aromatic carbocycles. The monoisotopic (exact) mass is 435 g/mol. The molecule has 0 atom stereocenters. The molecule has 122 valence electrons. The van der Waals surface area contributed by atoms with Crippen molar-refractivity contribution in [3.05, 3.63) is 42.2 Å². The number of hydrogen-bond acceptors (Lipinski definition) is 2. The first kappa shape index (κ1) is 19.3. The van der Waals surface area contributed by atoms with Gasteiger partial charge in [-0.2, -0.15) is 0 Å². The summed E-state index contributed by atoms with van der Waals surface area (Å²) >= 11 is 1.69. The Morgan fingerprint density at radius 1 is 1.27 bits per heavy atom. The number of guanidine groups is 1. The van der Waals surface area contributed by atoms with Crippen molar-refractivity contribution in [2.24, 2.45) is 4.99 Å². The lowest BCUT2D eigenvalue weighted by Gasteiger charge is -2.16. The molecule has 2 rings (SSSR count). The molecule has 0 bridgehead atoms. The van der Waals surface area contributed by atoms with E-state index in [9.17, 15) is 4.39 Å². The van der Waals surface area contributed by atoms with Crippen LogP contribution in [0.15, 0.2) is 46.3 Å². The molecule has 1 aliphatic carbocycles. The Labute approximate surface area is 153 Å². The number of halogens is 2. The fraction of sp³-hybridized carbons (Fsp3) is 0.438. The quantitative estimate of drug-likeness (QED) is 0.178. The molecule has 0 aliphatic heterocycles. The van der Waals surface area contributed by atoms with Gasteiger partial charge in [0.1, 0.15) is 5.82 Å². The Morgan fingerprint density at radius 3 is 2.59 bits per heavy atom. The van der Waals surface area contributed by atoms with Crippen LogP contribution in [0, 0.1) is 5.82 Å². The van der Waals surface area contributed by atoms with Gasteiger partial charge in [-0.3, -0.25) is 4.99 Å². The van der Waals surface area contributed by atoms with Gasteiger partial charge >= 0.3 is 0 Å². The van der Waals surface area contributed by atoms with E-state index in [1.807, 2.05) is 0 Å². The predicted octanol–water partition coefficient (Wildman–Crippen LogP) is 3.81. The first-order valence-corrected chi connectivity index (χ1v) is 8.34. The highest BCUT2D eigenvalue weighted by Crippen LogP contribution is 2.17. The summed E-state index contributed by atoms with van der Waals surface area (Å²) in [5.74, 6) is 1.57. The van der Waals surface area contributed by atoms with Crippen LogP contribution in [0.25, 0.3) is 0 Å². The third-order valence-electron chi connectivity index (χ3n) is 3.14. The molecule has 1 aromatic rings. The van der Waals surface area contributed by atoms with Crippen LogP contribution < -0.4 is 10.6 Å². The smallest absolute Gasteiger partial charge is 0.191 e. The van der Waals surface area contributed by atoms with Gasteiger partial charge in [0.25, 0.3) is 0 Å². The Bertz CT molecular complexity index is 483. The van der Waals surface area contributed by atoms with Crippen LogP contribution in [-0.2, 0) is 0 Å². The number of aliphatic imine (C=N–C) groups is 1. The molecule has 0 fully saturated rings. The van der Waals surface area contributed by atoms with E-state index < -0.39 is 0 Å². The first-order valence-electron chi connectivity index (χ1n) is 7.36. The van der Waals surface area contributed by atoms with Crippen molar-refractivity contribution in [3.8, 4) is 0 Å². The van der Waals surface area contributed by atoms with E-state index in [0.29, 0.717) is 6.04 Å². The summed E-state index contributed by atoms with van der Waals surface area (Å²) in [5.41, 5.74) is 0. The highest BCUT2D eigenvalue weighted by Gasteiger charge is 2.11. The summed E-state index contributed by atoms with van der Waals surface area (Å²) in [7, 11) is 0. The molecule has 0 unspecified atom stereocenters. The summed E-state index contributed by atoms with van der Waals surface area (Å²) < 4.78 is 12.8. The Balaban J connectivity index is 0.00000242. The molecule has 2 N–H and O–H groups in total. The third-order valence-corrected chi connectivity index (χ3v) is 4.13. The first-order chi connectivity index (χ1) is 10.3. The van der Waals surface area contributed by atoms with Crippen molar-refractivity contribution in [3.63, 3.8) is 0 Å². The SMILES string of the molecule is CCNC(=NCCSc1ccc(F)cc1)NC1CC=CC1.I. The second-order valence-electron chi connectivity index (χ2n) is 4.85. The van der Waals surface area contributed by atoms with Gasteiger partial charge < -0.3 is 10.6 Å². The van der Waals surface area contributed by atoms with Gasteiger partial charge in [-0.15, -0.1) is 35.7 Å². The Morgan fingerprint density at radius 2 is 1.95 bits per heavy atom. The average Bonchev–Trinajstić information content (AvgIpc) is 2.98. The normalized spacial score (nSPS) is 14.7. The van der Waals surface area contributed by atoms with Crippen LogP contribution in [0.2, 0.25) is 0 Å². The lowest BCUT2D eigenvalue weighted by molar-refractivity contribution is 0.626. The molecule has 0 aromatic heterocycles. The molecule has 0 amide bonds. The highest BCUT2D eigenvalue weighted by atomic mass is 127. The van der Waals surface area contributed by atoms with Gasteiger partial charge in [0.15, 0.2) is 5.96 Å². The van der Waals surface area contributed by atoms with E-state index in [0.717, 1.165) is 42.5 Å². The zero-order valence-electron chi connectivity index (χ0n) is 12.7. The summed E-state index contributed by atoms with van der Waals surface area (Å²) in [4.78, 5) is 5.65. The van der Waals surface area contributed by atoms with Gasteiger partial charge in [0.05, 0.1) is 6.54 Å². The van der Waals surface area contributed by atoms with Crippen molar-refractivity contribution in [2.75, 3.05) is 18.8 Å². The van der Waals surface area contributed by atoms with E-state index in [2.05, 4.69) is 34.7 Å². The fourth-order valence-corrected chi connectivity index (χ4v) is 2.85. The molecular weight excluding hydrogens is 412 g/mol. The van der Waals surface area contributed by atoms with Crippen LogP contribution in [0.4, 0.5) is 4.39 Å². The van der Waals surface area contributed by atoms with Crippen LogP contribution in [-0.4, -0.2) is 30.8 Å². The second kappa shape index (κ2) is 10.9. The van der Waals surface area contributed by atoms with E-state index in [1.54, 1.807) is 23.9 Å². The topological polar surface area (TPSA) is 36.4 Å². The lowest BCUT2D eigenvalue weighted by Crippen LogP contribution is -2.42. The van der Waals surface area contributed by atoms with Gasteiger partial charge in [0.2, 0.25) is 0 Å². The van der Waals surface area contributed by atoms with E-state index >= 15 is 0 Å². The number of benzene rings is 1. The maximum absolute atomic E-state index is 12.8. The molecule has 6 heteroatoms. The summed E-state index contributed by atoms with van der Waals surface area (Å²) in [6.07, 6.45) is 6.53. The van der Waals surface area contributed by atoms with Crippen molar-refractivity contribution in [1.82, 2.24) is 10.6 Å². The van der Waals surface area contributed by atoms with E-state index in [4.69, 9.17) is 0 Å². The maximum Gasteiger partial charge on any atom is 0.191 e. The van der Waals surface area contributed by atoms with Crippen molar-refractivity contribution in [1.29, 1.82) is 0 Å². The summed E-state index contributed by atoms with van der Waals surface area (Å²) in [5, 5.41) is 6.71. The second-order valence-corrected chi connectivity index (χ2v) is 6.02. The Kier molecular flexibility index (Phi) is 9.54. The fourth-order valence-electron chi connectivity index (χ4n) is 2.10. The maximum atomic E-state index is 12.8.